The van der Waals surface area contributed by atoms with Crippen molar-refractivity contribution in [1.29, 1.82) is 0 Å². The van der Waals surface area contributed by atoms with Gasteiger partial charge in [-0.25, -0.2) is 0 Å². The quantitative estimate of drug-likeness (QED) is 0.536. The summed E-state index contributed by atoms with van der Waals surface area (Å²) in [6, 6.07) is 6.44. The fourth-order valence-electron chi connectivity index (χ4n) is 7.91. The molecular weight excluding hydrogens is 494 g/mol. The Balaban J connectivity index is 1.30. The van der Waals surface area contributed by atoms with Crippen LogP contribution in [0.5, 0.6) is 5.75 Å². The van der Waals surface area contributed by atoms with E-state index in [1.807, 2.05) is 17.1 Å². The standard InChI is InChI=1S/C31H41N3O5/c1-18-8-7-11-23(19(18)2)33-29(36)27-31-17-16-24(39-31)25(28(35)32-20-12-14-22(38-3)15-13-20)26(31)30(37)34(27)21-9-5-4-6-10-21/h12-19,21,23-27H,4-11H2,1-3H3,(H,32,35)(H,33,36)/t18-,19+,23-,24-,25+,26-,27-,31-/m1/s1. The summed E-state index contributed by atoms with van der Waals surface area (Å²) in [7, 11) is 1.60. The van der Waals surface area contributed by atoms with Gasteiger partial charge in [-0.3, -0.25) is 14.4 Å². The molecule has 3 aliphatic heterocycles. The number of carbonyl (C=O) groups excluding carboxylic acids is 3. The SMILES string of the molecule is COc1ccc(NC(=O)[C@H]2[C@H]3C=C[C@@]4(O3)[C@H]2C(=O)N(C2CCCCC2)[C@@H]4C(=O)N[C@@H]2CCC[C@@H](C)[C@@H]2C)cc1. The normalized spacial score (nSPS) is 37.6. The highest BCUT2D eigenvalue weighted by Gasteiger charge is 2.73. The van der Waals surface area contributed by atoms with Crippen molar-refractivity contribution in [3.05, 3.63) is 36.4 Å². The molecule has 1 aromatic rings. The van der Waals surface area contributed by atoms with Crippen LogP contribution in [0.1, 0.15) is 65.2 Å². The number of anilines is 1. The number of rotatable bonds is 6. The van der Waals surface area contributed by atoms with Gasteiger partial charge in [-0.05, 0) is 55.4 Å². The highest BCUT2D eigenvalue weighted by atomic mass is 16.5. The van der Waals surface area contributed by atoms with Crippen molar-refractivity contribution in [3.63, 3.8) is 0 Å². The second-order valence-electron chi connectivity index (χ2n) is 12.3. The van der Waals surface area contributed by atoms with Crippen molar-refractivity contribution in [2.24, 2.45) is 23.7 Å². The van der Waals surface area contributed by atoms with Crippen molar-refractivity contribution in [2.45, 2.75) is 95.0 Å². The first-order valence-corrected chi connectivity index (χ1v) is 14.8. The number of ether oxygens (including phenoxy) is 2. The molecule has 1 spiro atoms. The Morgan fingerprint density at radius 3 is 2.46 bits per heavy atom. The third-order valence-corrected chi connectivity index (χ3v) is 10.2. The minimum Gasteiger partial charge on any atom is -0.497 e. The van der Waals surface area contributed by atoms with Crippen LogP contribution < -0.4 is 15.4 Å². The van der Waals surface area contributed by atoms with E-state index in [2.05, 4.69) is 24.5 Å². The Morgan fingerprint density at radius 1 is 1.00 bits per heavy atom. The number of methoxy groups -OCH3 is 1. The monoisotopic (exact) mass is 535 g/mol. The van der Waals surface area contributed by atoms with Gasteiger partial charge < -0.3 is 25.0 Å². The molecule has 2 bridgehead atoms. The smallest absolute Gasteiger partial charge is 0.246 e. The van der Waals surface area contributed by atoms with Crippen molar-refractivity contribution >= 4 is 23.4 Å². The van der Waals surface area contributed by atoms with Gasteiger partial charge in [0.25, 0.3) is 0 Å². The molecule has 2 aliphatic carbocycles. The van der Waals surface area contributed by atoms with Crippen molar-refractivity contribution < 1.29 is 23.9 Å². The van der Waals surface area contributed by atoms with Gasteiger partial charge in [-0.2, -0.15) is 0 Å². The molecule has 0 radical (unpaired) electrons. The molecule has 5 aliphatic rings. The van der Waals surface area contributed by atoms with Gasteiger partial charge >= 0.3 is 0 Å². The molecule has 3 amide bonds. The minimum absolute atomic E-state index is 0.00831. The van der Waals surface area contributed by atoms with Crippen LogP contribution in [0.15, 0.2) is 36.4 Å². The first-order valence-electron chi connectivity index (χ1n) is 14.8. The maximum absolute atomic E-state index is 14.3. The molecule has 8 atom stereocenters. The maximum atomic E-state index is 14.3. The van der Waals surface area contributed by atoms with Crippen LogP contribution in [0, 0.1) is 23.7 Å². The molecule has 4 fully saturated rings. The number of carbonyl (C=O) groups is 3. The van der Waals surface area contributed by atoms with Gasteiger partial charge in [0.05, 0.1) is 25.0 Å². The van der Waals surface area contributed by atoms with E-state index in [0.717, 1.165) is 44.9 Å². The molecule has 2 saturated heterocycles. The summed E-state index contributed by atoms with van der Waals surface area (Å²) >= 11 is 0. The van der Waals surface area contributed by atoms with Gasteiger partial charge in [0.2, 0.25) is 17.7 Å². The molecule has 39 heavy (non-hydrogen) atoms. The molecule has 2 saturated carbocycles. The zero-order valence-corrected chi connectivity index (χ0v) is 23.2. The molecule has 0 aromatic heterocycles. The number of fused-ring (bicyclic) bond motifs is 1. The number of hydrogen-bond donors (Lipinski definition) is 2. The van der Waals surface area contributed by atoms with E-state index in [1.165, 1.54) is 6.42 Å². The van der Waals surface area contributed by atoms with Gasteiger partial charge in [0.15, 0.2) is 0 Å². The summed E-state index contributed by atoms with van der Waals surface area (Å²) < 4.78 is 11.8. The average molecular weight is 536 g/mol. The lowest BCUT2D eigenvalue weighted by Crippen LogP contribution is -2.59. The average Bonchev–Trinajstić information content (AvgIpc) is 3.59. The molecule has 6 rings (SSSR count). The minimum atomic E-state index is -1.12. The van der Waals surface area contributed by atoms with Crippen molar-refractivity contribution in [3.8, 4) is 5.75 Å². The highest BCUT2D eigenvalue weighted by Crippen LogP contribution is 2.56. The van der Waals surface area contributed by atoms with Gasteiger partial charge in [0, 0.05) is 17.8 Å². The predicted octanol–water partition coefficient (Wildman–Crippen LogP) is 4.06. The van der Waals surface area contributed by atoms with Crippen molar-refractivity contribution in [2.75, 3.05) is 12.4 Å². The van der Waals surface area contributed by atoms with Gasteiger partial charge in [0.1, 0.15) is 17.4 Å². The Morgan fingerprint density at radius 2 is 1.74 bits per heavy atom. The van der Waals surface area contributed by atoms with E-state index in [4.69, 9.17) is 9.47 Å². The summed E-state index contributed by atoms with van der Waals surface area (Å²) in [6.45, 7) is 4.47. The van der Waals surface area contributed by atoms with E-state index in [1.54, 1.807) is 31.4 Å². The van der Waals surface area contributed by atoms with E-state index in [0.29, 0.717) is 23.3 Å². The van der Waals surface area contributed by atoms with E-state index < -0.39 is 29.6 Å². The fourth-order valence-corrected chi connectivity index (χ4v) is 7.91. The Labute approximate surface area is 230 Å². The van der Waals surface area contributed by atoms with Crippen LogP contribution in [0.4, 0.5) is 5.69 Å². The van der Waals surface area contributed by atoms with Gasteiger partial charge in [-0.1, -0.05) is 58.1 Å². The predicted molar refractivity (Wildman–Crippen MR) is 147 cm³/mol. The summed E-state index contributed by atoms with van der Waals surface area (Å²) in [5, 5.41) is 6.34. The summed E-state index contributed by atoms with van der Waals surface area (Å²) in [5.74, 6) is -0.308. The van der Waals surface area contributed by atoms with E-state index in [-0.39, 0.29) is 29.8 Å². The lowest BCUT2D eigenvalue weighted by Gasteiger charge is -2.40. The zero-order chi connectivity index (χ0) is 27.3. The number of amides is 3. The molecule has 8 heteroatoms. The molecule has 0 unspecified atom stereocenters. The zero-order valence-electron chi connectivity index (χ0n) is 23.2. The van der Waals surface area contributed by atoms with E-state index >= 15 is 0 Å². The van der Waals surface area contributed by atoms with Crippen LogP contribution in [-0.2, 0) is 19.1 Å². The summed E-state index contributed by atoms with van der Waals surface area (Å²) in [5.41, 5.74) is -0.486. The van der Waals surface area contributed by atoms with Crippen LogP contribution in [0.3, 0.4) is 0 Å². The van der Waals surface area contributed by atoms with E-state index in [9.17, 15) is 14.4 Å². The third kappa shape index (κ3) is 4.35. The second-order valence-corrected chi connectivity index (χ2v) is 12.3. The first kappa shape index (κ1) is 26.4. The summed E-state index contributed by atoms with van der Waals surface area (Å²) in [4.78, 5) is 44.0. The lowest BCUT2D eigenvalue weighted by molar-refractivity contribution is -0.145. The summed E-state index contributed by atoms with van der Waals surface area (Å²) in [6.07, 6.45) is 11.5. The highest BCUT2D eigenvalue weighted by molar-refractivity contribution is 6.03. The fraction of sp³-hybridized carbons (Fsp3) is 0.645. The number of benzene rings is 1. The number of hydrogen-bond acceptors (Lipinski definition) is 5. The van der Waals surface area contributed by atoms with Crippen molar-refractivity contribution in [1.82, 2.24) is 10.2 Å². The third-order valence-electron chi connectivity index (χ3n) is 10.2. The largest absolute Gasteiger partial charge is 0.497 e. The molecule has 3 heterocycles. The number of likely N-dealkylation sites (tertiary alicyclic amines) is 1. The van der Waals surface area contributed by atoms with Crippen LogP contribution >= 0.6 is 0 Å². The second kappa shape index (κ2) is 10.3. The van der Waals surface area contributed by atoms with Crippen LogP contribution in [-0.4, -0.2) is 59.6 Å². The Bertz CT molecular complexity index is 1150. The topological polar surface area (TPSA) is 97.0 Å². The molecule has 8 nitrogen and oxygen atoms in total. The maximum Gasteiger partial charge on any atom is 0.246 e. The molecular formula is C31H41N3O5. The first-order chi connectivity index (χ1) is 18.8. The molecule has 2 N–H and O–H groups in total. The Kier molecular flexibility index (Phi) is 6.94. The van der Waals surface area contributed by atoms with Crippen LogP contribution in [0.2, 0.25) is 0 Å². The lowest BCUT2D eigenvalue weighted by atomic mass is 9.73. The Hall–Kier alpha value is -2.87. The number of nitrogens with zero attached hydrogens (tertiary/aromatic N) is 1. The number of nitrogens with one attached hydrogen (secondary N) is 2. The molecule has 1 aromatic carbocycles. The van der Waals surface area contributed by atoms with Crippen LogP contribution in [0.25, 0.3) is 0 Å². The molecule has 210 valence electrons. The van der Waals surface area contributed by atoms with Gasteiger partial charge in [-0.15, -0.1) is 0 Å².